The molecular weight excluding hydrogens is 514 g/mol. The second kappa shape index (κ2) is 11.3. The Labute approximate surface area is 230 Å². The number of ether oxygens (including phenoxy) is 2. The third kappa shape index (κ3) is 5.17. The van der Waals surface area contributed by atoms with E-state index < -0.39 is 5.69 Å². The lowest BCUT2D eigenvalue weighted by atomic mass is 10.1. The second-order valence-electron chi connectivity index (χ2n) is 9.62. The fourth-order valence-electron chi connectivity index (χ4n) is 5.01. The molecule has 12 nitrogen and oxygen atoms in total. The summed E-state index contributed by atoms with van der Waals surface area (Å²) in [5.41, 5.74) is 7.84. The summed E-state index contributed by atoms with van der Waals surface area (Å²) in [6.45, 7) is 6.52. The van der Waals surface area contributed by atoms with Crippen molar-refractivity contribution in [3.05, 3.63) is 58.1 Å². The zero-order chi connectivity index (χ0) is 28.4. The summed E-state index contributed by atoms with van der Waals surface area (Å²) in [5, 5.41) is 4.12. The number of amides is 2. The number of carbonyl (C=O) groups excluding carboxylic acids is 2. The molecule has 2 aromatic carbocycles. The van der Waals surface area contributed by atoms with Crippen LogP contribution in [0.15, 0.2) is 41.2 Å². The van der Waals surface area contributed by atoms with Crippen LogP contribution in [0.2, 0.25) is 0 Å². The van der Waals surface area contributed by atoms with Crippen molar-refractivity contribution in [2.24, 2.45) is 0 Å². The number of aromatic nitrogens is 3. The maximum Gasteiger partial charge on any atom is 0.349 e. The fourth-order valence-corrected chi connectivity index (χ4v) is 5.01. The van der Waals surface area contributed by atoms with Crippen molar-refractivity contribution in [2.45, 2.75) is 13.5 Å². The van der Waals surface area contributed by atoms with E-state index in [-0.39, 0.29) is 30.7 Å². The molecule has 0 aliphatic carbocycles. The predicted octanol–water partition coefficient (Wildman–Crippen LogP) is 1.68. The van der Waals surface area contributed by atoms with Gasteiger partial charge in [0.25, 0.3) is 11.8 Å². The molecule has 2 aromatic heterocycles. The SMILES string of the molecule is CCN1CCN(C(=O)c2ccc3[nH]c(C(=O)NCCn4c(N)c5cc(OC)c(OC)cc5nc4=O)cc3c2)CC1. The summed E-state index contributed by atoms with van der Waals surface area (Å²) < 4.78 is 11.9. The summed E-state index contributed by atoms with van der Waals surface area (Å²) >= 11 is 0. The number of fused-ring (bicyclic) bond motifs is 2. The van der Waals surface area contributed by atoms with Crippen LogP contribution in [-0.2, 0) is 6.54 Å². The van der Waals surface area contributed by atoms with E-state index in [1.807, 2.05) is 11.0 Å². The van der Waals surface area contributed by atoms with Gasteiger partial charge in [-0.05, 0) is 36.9 Å². The first-order valence-corrected chi connectivity index (χ1v) is 13.2. The van der Waals surface area contributed by atoms with Gasteiger partial charge in [0.15, 0.2) is 11.5 Å². The molecule has 1 aliphatic rings. The Morgan fingerprint density at radius 2 is 1.77 bits per heavy atom. The summed E-state index contributed by atoms with van der Waals surface area (Å²) in [6.07, 6.45) is 0. The molecule has 12 heteroatoms. The largest absolute Gasteiger partial charge is 0.493 e. The van der Waals surface area contributed by atoms with Crippen LogP contribution in [0.5, 0.6) is 11.5 Å². The molecule has 4 aromatic rings. The van der Waals surface area contributed by atoms with Gasteiger partial charge >= 0.3 is 5.69 Å². The number of likely N-dealkylation sites (N-methyl/N-ethyl adjacent to an activating group) is 1. The van der Waals surface area contributed by atoms with E-state index in [0.29, 0.717) is 46.7 Å². The molecule has 3 heterocycles. The molecule has 5 rings (SSSR count). The van der Waals surface area contributed by atoms with Gasteiger partial charge in [0.1, 0.15) is 11.5 Å². The minimum atomic E-state index is -0.537. The molecule has 0 radical (unpaired) electrons. The Morgan fingerprint density at radius 1 is 1.05 bits per heavy atom. The van der Waals surface area contributed by atoms with E-state index in [1.54, 1.807) is 30.3 Å². The Morgan fingerprint density at radius 3 is 2.48 bits per heavy atom. The normalized spacial score (nSPS) is 14.0. The van der Waals surface area contributed by atoms with Crippen LogP contribution in [0.1, 0.15) is 27.8 Å². The minimum Gasteiger partial charge on any atom is -0.493 e. The van der Waals surface area contributed by atoms with Gasteiger partial charge in [0.05, 0.1) is 19.7 Å². The number of hydrogen-bond donors (Lipinski definition) is 3. The molecule has 0 spiro atoms. The summed E-state index contributed by atoms with van der Waals surface area (Å²) in [4.78, 5) is 49.9. The Hall–Kier alpha value is -4.58. The number of rotatable bonds is 8. The van der Waals surface area contributed by atoms with Crippen LogP contribution in [0.3, 0.4) is 0 Å². The maximum absolute atomic E-state index is 13.0. The molecule has 1 fully saturated rings. The van der Waals surface area contributed by atoms with Crippen LogP contribution in [0, 0.1) is 0 Å². The Balaban J connectivity index is 1.26. The van der Waals surface area contributed by atoms with Gasteiger partial charge in [-0.1, -0.05) is 6.92 Å². The average molecular weight is 548 g/mol. The van der Waals surface area contributed by atoms with Crippen LogP contribution in [0.4, 0.5) is 5.82 Å². The molecule has 0 atom stereocenters. The quantitative estimate of drug-likeness (QED) is 0.302. The monoisotopic (exact) mass is 547 g/mol. The first kappa shape index (κ1) is 27.0. The third-order valence-corrected chi connectivity index (χ3v) is 7.36. The molecule has 0 bridgehead atoms. The Bertz CT molecular complexity index is 1640. The maximum atomic E-state index is 13.0. The minimum absolute atomic E-state index is 0.00653. The lowest BCUT2D eigenvalue weighted by Gasteiger charge is -2.34. The third-order valence-electron chi connectivity index (χ3n) is 7.36. The average Bonchev–Trinajstić information content (AvgIpc) is 3.41. The summed E-state index contributed by atoms with van der Waals surface area (Å²) in [6, 6.07) is 10.4. The molecule has 2 amide bonds. The van der Waals surface area contributed by atoms with Crippen LogP contribution >= 0.6 is 0 Å². The van der Waals surface area contributed by atoms with E-state index in [2.05, 4.69) is 27.1 Å². The van der Waals surface area contributed by atoms with Crippen molar-refractivity contribution in [3.63, 3.8) is 0 Å². The highest BCUT2D eigenvalue weighted by molar-refractivity contribution is 6.01. The molecule has 0 saturated carbocycles. The van der Waals surface area contributed by atoms with Crippen molar-refractivity contribution < 1.29 is 19.1 Å². The van der Waals surface area contributed by atoms with Crippen molar-refractivity contribution in [2.75, 3.05) is 59.2 Å². The van der Waals surface area contributed by atoms with Crippen LogP contribution in [0.25, 0.3) is 21.8 Å². The van der Waals surface area contributed by atoms with Gasteiger partial charge < -0.3 is 35.3 Å². The number of aromatic amines is 1. The van der Waals surface area contributed by atoms with Gasteiger partial charge in [-0.25, -0.2) is 4.79 Å². The standard InChI is InChI=1S/C28H33N7O5/c1-4-33-9-11-34(12-10-33)27(37)17-5-6-20-18(13-17)14-22(31-20)26(36)30-7-8-35-25(29)19-15-23(39-2)24(40-3)16-21(19)32-28(35)38/h5-6,13-16,31H,4,7-12,29H2,1-3H3,(H,30,36). The molecule has 1 saturated heterocycles. The number of nitrogen functional groups attached to an aromatic ring is 1. The highest BCUT2D eigenvalue weighted by Gasteiger charge is 2.22. The number of piperazine rings is 1. The number of H-pyrrole nitrogens is 1. The van der Waals surface area contributed by atoms with Crippen molar-refractivity contribution in [3.8, 4) is 11.5 Å². The van der Waals surface area contributed by atoms with Crippen molar-refractivity contribution in [1.29, 1.82) is 0 Å². The Kier molecular flexibility index (Phi) is 7.60. The molecule has 4 N–H and O–H groups in total. The number of nitrogens with zero attached hydrogens (tertiary/aromatic N) is 4. The summed E-state index contributed by atoms with van der Waals surface area (Å²) in [7, 11) is 3.01. The fraction of sp³-hybridized carbons (Fsp3) is 0.357. The van der Waals surface area contributed by atoms with E-state index in [4.69, 9.17) is 15.2 Å². The first-order chi connectivity index (χ1) is 19.3. The highest BCUT2D eigenvalue weighted by atomic mass is 16.5. The van der Waals surface area contributed by atoms with Gasteiger partial charge in [-0.15, -0.1) is 0 Å². The van der Waals surface area contributed by atoms with E-state index in [9.17, 15) is 14.4 Å². The van der Waals surface area contributed by atoms with Crippen LogP contribution in [-0.4, -0.2) is 89.6 Å². The number of nitrogens with one attached hydrogen (secondary N) is 2. The van der Waals surface area contributed by atoms with Crippen molar-refractivity contribution in [1.82, 2.24) is 29.7 Å². The highest BCUT2D eigenvalue weighted by Crippen LogP contribution is 2.32. The predicted molar refractivity (Wildman–Crippen MR) is 152 cm³/mol. The van der Waals surface area contributed by atoms with E-state index in [0.717, 1.165) is 30.5 Å². The number of anilines is 1. The second-order valence-corrected chi connectivity index (χ2v) is 9.62. The molecule has 210 valence electrons. The smallest absolute Gasteiger partial charge is 0.349 e. The van der Waals surface area contributed by atoms with Gasteiger partial charge in [-0.3, -0.25) is 14.2 Å². The van der Waals surface area contributed by atoms with E-state index >= 15 is 0 Å². The lowest BCUT2D eigenvalue weighted by molar-refractivity contribution is 0.0643. The summed E-state index contributed by atoms with van der Waals surface area (Å²) in [5.74, 6) is 0.768. The zero-order valence-corrected chi connectivity index (χ0v) is 22.8. The zero-order valence-electron chi connectivity index (χ0n) is 22.8. The van der Waals surface area contributed by atoms with E-state index in [1.165, 1.54) is 18.8 Å². The molecule has 1 aliphatic heterocycles. The molecule has 40 heavy (non-hydrogen) atoms. The first-order valence-electron chi connectivity index (χ1n) is 13.2. The molecular formula is C28H33N7O5. The number of benzene rings is 2. The van der Waals surface area contributed by atoms with Gasteiger partial charge in [-0.2, -0.15) is 4.98 Å². The molecule has 0 unspecified atom stereocenters. The lowest BCUT2D eigenvalue weighted by Crippen LogP contribution is -2.48. The number of carbonyl (C=O) groups is 2. The topological polar surface area (TPSA) is 148 Å². The van der Waals surface area contributed by atoms with Gasteiger partial charge in [0.2, 0.25) is 0 Å². The van der Waals surface area contributed by atoms with Crippen molar-refractivity contribution >= 4 is 39.4 Å². The van der Waals surface area contributed by atoms with Crippen LogP contribution < -0.4 is 26.2 Å². The number of hydrogen-bond acceptors (Lipinski definition) is 8. The van der Waals surface area contributed by atoms with Gasteiger partial charge in [0, 0.05) is 67.2 Å². The number of methoxy groups -OCH3 is 2. The number of nitrogens with two attached hydrogens (primary N) is 1.